The first kappa shape index (κ1) is 19.5. The average molecular weight is 382 g/mol. The Balaban J connectivity index is 1.95. The number of aromatic nitrogens is 4. The Morgan fingerprint density at radius 1 is 1.18 bits per heavy atom. The minimum atomic E-state index is -0.599. The van der Waals surface area contributed by atoms with Gasteiger partial charge >= 0.3 is 12.0 Å². The van der Waals surface area contributed by atoms with Crippen molar-refractivity contribution in [2.45, 2.75) is 46.8 Å². The minimum Gasteiger partial charge on any atom is -0.459 e. The third-order valence-electron chi connectivity index (χ3n) is 3.74. The third kappa shape index (κ3) is 4.51. The van der Waals surface area contributed by atoms with E-state index in [1.165, 1.54) is 11.6 Å². The van der Waals surface area contributed by atoms with Crippen LogP contribution in [0, 0.1) is 6.92 Å². The Hall–Kier alpha value is -3.29. The molecule has 8 heteroatoms. The number of ketones is 1. The van der Waals surface area contributed by atoms with Crippen molar-refractivity contribution < 1.29 is 19.1 Å². The number of hydrogen-bond acceptors (Lipinski definition) is 7. The van der Waals surface area contributed by atoms with Crippen LogP contribution < -0.4 is 4.74 Å². The average Bonchev–Trinajstić information content (AvgIpc) is 2.91. The summed E-state index contributed by atoms with van der Waals surface area (Å²) >= 11 is 0. The van der Waals surface area contributed by atoms with Crippen LogP contribution >= 0.6 is 0 Å². The number of aryl methyl sites for hydroxylation is 1. The molecule has 0 spiro atoms. The van der Waals surface area contributed by atoms with Crippen molar-refractivity contribution in [3.8, 4) is 11.8 Å². The number of fused-ring (bicyclic) bond motifs is 1. The van der Waals surface area contributed by atoms with Gasteiger partial charge < -0.3 is 9.47 Å². The maximum Gasteiger partial charge on any atom is 0.328 e. The molecule has 2 aromatic heterocycles. The van der Waals surface area contributed by atoms with Crippen molar-refractivity contribution in [3.63, 3.8) is 0 Å². The monoisotopic (exact) mass is 382 g/mol. The summed E-state index contributed by atoms with van der Waals surface area (Å²) < 4.78 is 12.5. The van der Waals surface area contributed by atoms with E-state index in [0.29, 0.717) is 16.7 Å². The lowest BCUT2D eigenvalue weighted by molar-refractivity contribution is -0.155. The molecule has 8 nitrogen and oxygen atoms in total. The van der Waals surface area contributed by atoms with Crippen molar-refractivity contribution in [1.82, 2.24) is 19.7 Å². The van der Waals surface area contributed by atoms with E-state index in [1.54, 1.807) is 51.2 Å². The van der Waals surface area contributed by atoms with E-state index in [2.05, 4.69) is 15.1 Å². The zero-order valence-corrected chi connectivity index (χ0v) is 16.5. The van der Waals surface area contributed by atoms with Gasteiger partial charge in [0.25, 0.3) is 0 Å². The van der Waals surface area contributed by atoms with Crippen LogP contribution in [0.4, 0.5) is 0 Å². The number of carbonyl (C=O) groups excluding carboxylic acids is 2. The van der Waals surface area contributed by atoms with E-state index >= 15 is 0 Å². The number of Topliss-reactive ketones (excluding diaryl/α,β-unsaturated/α-hetero) is 1. The van der Waals surface area contributed by atoms with Crippen LogP contribution in [-0.4, -0.2) is 37.1 Å². The van der Waals surface area contributed by atoms with Crippen LogP contribution in [0.15, 0.2) is 30.5 Å². The molecule has 0 amide bonds. The molecule has 2 heterocycles. The second-order valence-electron chi connectivity index (χ2n) is 7.41. The Labute approximate surface area is 162 Å². The van der Waals surface area contributed by atoms with E-state index in [9.17, 15) is 9.59 Å². The summed E-state index contributed by atoms with van der Waals surface area (Å²) in [6.07, 6.45) is 1.61. The Morgan fingerprint density at radius 3 is 2.57 bits per heavy atom. The maximum absolute atomic E-state index is 12.2. The maximum atomic E-state index is 12.2. The van der Waals surface area contributed by atoms with Crippen molar-refractivity contribution in [3.05, 3.63) is 41.9 Å². The van der Waals surface area contributed by atoms with Gasteiger partial charge in [0, 0.05) is 24.2 Å². The van der Waals surface area contributed by atoms with Gasteiger partial charge in [-0.05, 0) is 52.0 Å². The van der Waals surface area contributed by atoms with E-state index in [4.69, 9.17) is 9.47 Å². The molecular formula is C20H22N4O4. The highest BCUT2D eigenvalue weighted by atomic mass is 16.6. The highest BCUT2D eigenvalue weighted by Gasteiger charge is 2.20. The lowest BCUT2D eigenvalue weighted by Crippen LogP contribution is -2.26. The molecule has 0 N–H and O–H groups in total. The summed E-state index contributed by atoms with van der Waals surface area (Å²) in [6, 6.07) is 7.13. The number of hydrogen-bond donors (Lipinski definition) is 0. The first-order valence-corrected chi connectivity index (χ1v) is 8.83. The molecule has 1 aromatic carbocycles. The van der Waals surface area contributed by atoms with Gasteiger partial charge in [-0.2, -0.15) is 5.10 Å². The van der Waals surface area contributed by atoms with Crippen LogP contribution in [0.3, 0.4) is 0 Å². The molecule has 0 bridgehead atoms. The molecule has 28 heavy (non-hydrogen) atoms. The van der Waals surface area contributed by atoms with E-state index in [0.717, 1.165) is 5.69 Å². The Bertz CT molecular complexity index is 1050. The summed E-state index contributed by atoms with van der Waals surface area (Å²) in [4.78, 5) is 32.5. The molecule has 0 radical (unpaired) electrons. The minimum absolute atomic E-state index is 0.0950. The molecular weight excluding hydrogens is 360 g/mol. The van der Waals surface area contributed by atoms with Gasteiger partial charge in [0.15, 0.2) is 5.78 Å². The topological polar surface area (TPSA) is 96.2 Å². The first-order valence-electron chi connectivity index (χ1n) is 8.83. The first-order chi connectivity index (χ1) is 13.1. The Morgan fingerprint density at radius 2 is 1.93 bits per heavy atom. The van der Waals surface area contributed by atoms with Crippen LogP contribution in [0.2, 0.25) is 0 Å². The normalized spacial score (nSPS) is 11.5. The van der Waals surface area contributed by atoms with Crippen LogP contribution in [-0.2, 0) is 16.1 Å². The molecule has 0 saturated carbocycles. The zero-order valence-electron chi connectivity index (χ0n) is 16.5. The number of rotatable bonds is 5. The summed E-state index contributed by atoms with van der Waals surface area (Å²) in [7, 11) is 0. The van der Waals surface area contributed by atoms with Gasteiger partial charge in [-0.15, -0.1) is 0 Å². The van der Waals surface area contributed by atoms with Gasteiger partial charge in [-0.3, -0.25) is 14.3 Å². The molecule has 0 aliphatic carbocycles. The number of carbonyl (C=O) groups is 2. The number of benzene rings is 1. The van der Waals surface area contributed by atoms with Crippen molar-refractivity contribution >= 4 is 22.7 Å². The van der Waals surface area contributed by atoms with Gasteiger partial charge in [0.1, 0.15) is 23.6 Å². The van der Waals surface area contributed by atoms with E-state index < -0.39 is 11.6 Å². The number of esters is 1. The largest absolute Gasteiger partial charge is 0.459 e. The predicted octanol–water partition coefficient (Wildman–Crippen LogP) is 3.47. The van der Waals surface area contributed by atoms with Gasteiger partial charge in [-0.1, -0.05) is 0 Å². The smallest absolute Gasteiger partial charge is 0.328 e. The standard InChI is InChI=1S/C20H22N4O4/c1-12-8-9-21-19(22-12)27-14-6-7-16-15(10-14)18(13(2)25)23-24(16)11-17(26)28-20(3,4)5/h6-10H,11H2,1-5H3. The van der Waals surface area contributed by atoms with Crippen LogP contribution in [0.5, 0.6) is 11.8 Å². The SMILES string of the molecule is CC(=O)c1nn(CC(=O)OC(C)(C)C)c2ccc(Oc3nccc(C)n3)cc12. The van der Waals surface area contributed by atoms with E-state index in [1.807, 2.05) is 6.92 Å². The molecule has 146 valence electrons. The van der Waals surface area contributed by atoms with Crippen molar-refractivity contribution in [1.29, 1.82) is 0 Å². The van der Waals surface area contributed by atoms with Gasteiger partial charge in [-0.25, -0.2) is 9.97 Å². The fourth-order valence-corrected chi connectivity index (χ4v) is 2.68. The highest BCUT2D eigenvalue weighted by molar-refractivity contribution is 6.05. The molecule has 0 atom stereocenters. The molecule has 3 aromatic rings. The van der Waals surface area contributed by atoms with Crippen molar-refractivity contribution in [2.75, 3.05) is 0 Å². The summed E-state index contributed by atoms with van der Waals surface area (Å²) in [5.74, 6) is -0.171. The van der Waals surface area contributed by atoms with Gasteiger partial charge in [0.2, 0.25) is 0 Å². The molecule has 0 aliphatic rings. The molecule has 3 rings (SSSR count). The molecule has 0 fully saturated rings. The number of ether oxygens (including phenoxy) is 2. The Kier molecular flexibility index (Phi) is 5.13. The quantitative estimate of drug-likeness (QED) is 0.492. The highest BCUT2D eigenvalue weighted by Crippen LogP contribution is 2.27. The molecule has 0 unspecified atom stereocenters. The predicted molar refractivity (Wildman–Crippen MR) is 102 cm³/mol. The molecule has 0 saturated heterocycles. The fraction of sp³-hybridized carbons (Fsp3) is 0.350. The van der Waals surface area contributed by atoms with E-state index in [-0.39, 0.29) is 24.0 Å². The van der Waals surface area contributed by atoms with Crippen LogP contribution in [0.25, 0.3) is 10.9 Å². The number of nitrogens with zero attached hydrogens (tertiary/aromatic N) is 4. The van der Waals surface area contributed by atoms with Crippen LogP contribution in [0.1, 0.15) is 43.9 Å². The summed E-state index contributed by atoms with van der Waals surface area (Å²) in [5.41, 5.74) is 1.07. The second kappa shape index (κ2) is 7.38. The van der Waals surface area contributed by atoms with Crippen molar-refractivity contribution in [2.24, 2.45) is 0 Å². The third-order valence-corrected chi connectivity index (χ3v) is 3.74. The lowest BCUT2D eigenvalue weighted by atomic mass is 10.1. The molecule has 0 aliphatic heterocycles. The fourth-order valence-electron chi connectivity index (χ4n) is 2.68. The van der Waals surface area contributed by atoms with Gasteiger partial charge in [0.05, 0.1) is 5.52 Å². The lowest BCUT2D eigenvalue weighted by Gasteiger charge is -2.19. The summed E-state index contributed by atoms with van der Waals surface area (Å²) in [5, 5.41) is 4.89. The summed E-state index contributed by atoms with van der Waals surface area (Å²) in [6.45, 7) is 8.56. The second-order valence-corrected chi connectivity index (χ2v) is 7.41. The zero-order chi connectivity index (χ0) is 20.5.